The van der Waals surface area contributed by atoms with Gasteiger partial charge < -0.3 is 14.7 Å². The van der Waals surface area contributed by atoms with Gasteiger partial charge in [0.1, 0.15) is 17.4 Å². The zero-order chi connectivity index (χ0) is 15.4. The van der Waals surface area contributed by atoms with E-state index in [2.05, 4.69) is 15.3 Å². The number of H-pyrrole nitrogens is 1. The van der Waals surface area contributed by atoms with Crippen molar-refractivity contribution in [3.63, 3.8) is 0 Å². The highest BCUT2D eigenvalue weighted by atomic mass is 19.1. The number of hydrogen-bond donors (Lipinski definition) is 2. The van der Waals surface area contributed by atoms with Gasteiger partial charge in [0, 0.05) is 25.8 Å². The molecule has 3 aromatic rings. The molecule has 0 aliphatic carbocycles. The van der Waals surface area contributed by atoms with Crippen molar-refractivity contribution < 1.29 is 13.6 Å². The van der Waals surface area contributed by atoms with Crippen LogP contribution in [0.25, 0.3) is 11.0 Å². The molecule has 0 spiro atoms. The van der Waals surface area contributed by atoms with Gasteiger partial charge >= 0.3 is 0 Å². The second-order valence-corrected chi connectivity index (χ2v) is 5.02. The maximum atomic E-state index is 13.1. The van der Waals surface area contributed by atoms with Crippen molar-refractivity contribution in [2.45, 2.75) is 19.3 Å². The number of aryl methyl sites for hydroxylation is 1. The topological polar surface area (TPSA) is 70.9 Å². The molecule has 0 atom stereocenters. The van der Waals surface area contributed by atoms with Crippen LogP contribution in [-0.2, 0) is 17.6 Å². The van der Waals surface area contributed by atoms with Crippen molar-refractivity contribution in [3.8, 4) is 0 Å². The van der Waals surface area contributed by atoms with Crippen molar-refractivity contribution in [1.29, 1.82) is 0 Å². The second kappa shape index (κ2) is 6.43. The molecule has 1 aromatic carbocycles. The standard InChI is InChI=1S/C16H16FN3O2/c17-11-3-5-13-14(10-11)20-15(19-13)7-8-18-16(21)6-4-12-2-1-9-22-12/h1-3,5,9-10H,4,6-8H2,(H,18,21)(H,19,20). The molecule has 2 N–H and O–H groups in total. The van der Waals surface area contributed by atoms with Gasteiger partial charge in [-0.3, -0.25) is 4.79 Å². The predicted molar refractivity (Wildman–Crippen MR) is 79.8 cm³/mol. The van der Waals surface area contributed by atoms with Gasteiger partial charge in [0.25, 0.3) is 0 Å². The van der Waals surface area contributed by atoms with E-state index >= 15 is 0 Å². The highest BCUT2D eigenvalue weighted by Gasteiger charge is 2.06. The molecular weight excluding hydrogens is 285 g/mol. The van der Waals surface area contributed by atoms with Gasteiger partial charge in [0.15, 0.2) is 0 Å². The number of carbonyl (C=O) groups is 1. The molecule has 0 radical (unpaired) electrons. The van der Waals surface area contributed by atoms with Crippen LogP contribution in [0.5, 0.6) is 0 Å². The number of rotatable bonds is 6. The molecule has 0 unspecified atom stereocenters. The van der Waals surface area contributed by atoms with Crippen LogP contribution in [-0.4, -0.2) is 22.4 Å². The van der Waals surface area contributed by atoms with Gasteiger partial charge in [-0.15, -0.1) is 0 Å². The third kappa shape index (κ3) is 3.52. The summed E-state index contributed by atoms with van der Waals surface area (Å²) in [4.78, 5) is 19.1. The smallest absolute Gasteiger partial charge is 0.220 e. The lowest BCUT2D eigenvalue weighted by molar-refractivity contribution is -0.121. The molecule has 2 aromatic heterocycles. The zero-order valence-electron chi connectivity index (χ0n) is 11.9. The number of fused-ring (bicyclic) bond motifs is 1. The first-order valence-electron chi connectivity index (χ1n) is 7.14. The Kier molecular flexibility index (Phi) is 4.18. The number of imidazole rings is 1. The van der Waals surface area contributed by atoms with Gasteiger partial charge in [0.2, 0.25) is 5.91 Å². The number of nitrogens with zero attached hydrogens (tertiary/aromatic N) is 1. The fourth-order valence-electron chi connectivity index (χ4n) is 2.25. The van der Waals surface area contributed by atoms with Crippen LogP contribution in [0.1, 0.15) is 18.0 Å². The monoisotopic (exact) mass is 301 g/mol. The lowest BCUT2D eigenvalue weighted by Gasteiger charge is -2.02. The summed E-state index contributed by atoms with van der Waals surface area (Å²) in [5.74, 6) is 1.20. The van der Waals surface area contributed by atoms with E-state index in [-0.39, 0.29) is 11.7 Å². The Morgan fingerprint density at radius 3 is 3.05 bits per heavy atom. The lowest BCUT2D eigenvalue weighted by Crippen LogP contribution is -2.26. The quantitative estimate of drug-likeness (QED) is 0.735. The fraction of sp³-hybridized carbons (Fsp3) is 0.250. The van der Waals surface area contributed by atoms with Gasteiger partial charge in [-0.2, -0.15) is 0 Å². The minimum absolute atomic E-state index is 0.0291. The number of benzene rings is 1. The molecule has 0 aliphatic heterocycles. The van der Waals surface area contributed by atoms with Crippen LogP contribution in [0.4, 0.5) is 4.39 Å². The number of hydrogen-bond acceptors (Lipinski definition) is 3. The van der Waals surface area contributed by atoms with E-state index in [4.69, 9.17) is 4.42 Å². The minimum Gasteiger partial charge on any atom is -0.469 e. The molecule has 1 amide bonds. The molecule has 0 fully saturated rings. The molecule has 114 valence electrons. The van der Waals surface area contributed by atoms with E-state index in [0.717, 1.165) is 17.1 Å². The third-order valence-corrected chi connectivity index (χ3v) is 3.36. The summed E-state index contributed by atoms with van der Waals surface area (Å²) >= 11 is 0. The maximum Gasteiger partial charge on any atom is 0.220 e. The van der Waals surface area contributed by atoms with Crippen LogP contribution in [0.15, 0.2) is 41.0 Å². The van der Waals surface area contributed by atoms with Gasteiger partial charge in [-0.05, 0) is 30.3 Å². The highest BCUT2D eigenvalue weighted by molar-refractivity contribution is 5.76. The Bertz CT molecular complexity index is 765. The van der Waals surface area contributed by atoms with Crippen LogP contribution >= 0.6 is 0 Å². The summed E-state index contributed by atoms with van der Waals surface area (Å²) in [6.45, 7) is 0.485. The molecular formula is C16H16FN3O2. The molecule has 22 heavy (non-hydrogen) atoms. The number of halogens is 1. The average molecular weight is 301 g/mol. The van der Waals surface area contributed by atoms with Crippen molar-refractivity contribution >= 4 is 16.9 Å². The highest BCUT2D eigenvalue weighted by Crippen LogP contribution is 2.13. The van der Waals surface area contributed by atoms with Crippen LogP contribution in [0, 0.1) is 5.82 Å². The van der Waals surface area contributed by atoms with E-state index in [1.807, 2.05) is 6.07 Å². The Morgan fingerprint density at radius 1 is 1.32 bits per heavy atom. The first kappa shape index (κ1) is 14.3. The largest absolute Gasteiger partial charge is 0.469 e. The van der Waals surface area contributed by atoms with Gasteiger partial charge in [-0.1, -0.05) is 0 Å². The van der Waals surface area contributed by atoms with Crippen LogP contribution in [0.2, 0.25) is 0 Å². The number of carbonyl (C=O) groups excluding carboxylic acids is 1. The molecule has 0 aliphatic rings. The third-order valence-electron chi connectivity index (χ3n) is 3.36. The fourth-order valence-corrected chi connectivity index (χ4v) is 2.25. The number of amides is 1. The lowest BCUT2D eigenvalue weighted by atomic mass is 10.2. The second-order valence-electron chi connectivity index (χ2n) is 5.02. The number of aromatic amines is 1. The summed E-state index contributed by atoms with van der Waals surface area (Å²) in [6, 6.07) is 8.07. The summed E-state index contributed by atoms with van der Waals surface area (Å²) in [7, 11) is 0. The number of furan rings is 1. The first-order chi connectivity index (χ1) is 10.7. The van der Waals surface area contributed by atoms with Crippen molar-refractivity contribution in [3.05, 3.63) is 54.0 Å². The average Bonchev–Trinajstić information content (AvgIpc) is 3.13. The van der Waals surface area contributed by atoms with E-state index in [0.29, 0.717) is 31.3 Å². The zero-order valence-corrected chi connectivity index (χ0v) is 11.9. The van der Waals surface area contributed by atoms with Crippen molar-refractivity contribution in [2.75, 3.05) is 6.54 Å². The Hall–Kier alpha value is -2.63. The predicted octanol–water partition coefficient (Wildman–Crippen LogP) is 2.59. The summed E-state index contributed by atoms with van der Waals surface area (Å²) in [5, 5.41) is 2.83. The molecule has 5 nitrogen and oxygen atoms in total. The van der Waals surface area contributed by atoms with Gasteiger partial charge in [0.05, 0.1) is 17.3 Å². The SMILES string of the molecule is O=C(CCc1ccco1)NCCc1nc2ccc(F)cc2[nH]1. The Balaban J connectivity index is 1.46. The van der Waals surface area contributed by atoms with E-state index in [1.165, 1.54) is 12.1 Å². The molecule has 0 bridgehead atoms. The van der Waals surface area contributed by atoms with E-state index < -0.39 is 0 Å². The van der Waals surface area contributed by atoms with Crippen molar-refractivity contribution in [2.24, 2.45) is 0 Å². The molecule has 0 saturated heterocycles. The summed E-state index contributed by atoms with van der Waals surface area (Å²) in [6.07, 6.45) is 3.14. The van der Waals surface area contributed by atoms with E-state index in [9.17, 15) is 9.18 Å². The minimum atomic E-state index is -0.297. The first-order valence-corrected chi connectivity index (χ1v) is 7.14. The van der Waals surface area contributed by atoms with E-state index in [1.54, 1.807) is 18.4 Å². The van der Waals surface area contributed by atoms with Crippen LogP contribution in [0.3, 0.4) is 0 Å². The Morgan fingerprint density at radius 2 is 2.23 bits per heavy atom. The number of aromatic nitrogens is 2. The summed E-state index contributed by atoms with van der Waals surface area (Å²) in [5.41, 5.74) is 1.39. The maximum absolute atomic E-state index is 13.1. The Labute approximate surface area is 126 Å². The van der Waals surface area contributed by atoms with Crippen molar-refractivity contribution in [1.82, 2.24) is 15.3 Å². The molecule has 6 heteroatoms. The summed E-state index contributed by atoms with van der Waals surface area (Å²) < 4.78 is 18.3. The molecule has 2 heterocycles. The number of nitrogens with one attached hydrogen (secondary N) is 2. The molecule has 3 rings (SSSR count). The van der Waals surface area contributed by atoms with Gasteiger partial charge in [-0.25, -0.2) is 9.37 Å². The molecule has 0 saturated carbocycles. The normalized spacial score (nSPS) is 11.0. The van der Waals surface area contributed by atoms with Crippen LogP contribution < -0.4 is 5.32 Å².